The molecule has 1 aromatic heterocycles. The lowest BCUT2D eigenvalue weighted by Crippen LogP contribution is -2.26. The van der Waals surface area contributed by atoms with Crippen molar-refractivity contribution < 1.29 is 4.79 Å². The molecule has 3 aromatic rings. The molecule has 1 N–H and O–H groups in total. The number of hydrogen-bond donors (Lipinski definition) is 1. The van der Waals surface area contributed by atoms with Crippen molar-refractivity contribution in [3.63, 3.8) is 0 Å². The zero-order chi connectivity index (χ0) is 16.8. The molecule has 2 aromatic carbocycles. The van der Waals surface area contributed by atoms with Gasteiger partial charge in [0.2, 0.25) is 5.91 Å². The molecule has 0 aliphatic carbocycles. The Morgan fingerprint density at radius 1 is 1.08 bits per heavy atom. The third kappa shape index (κ3) is 3.82. The Bertz CT molecular complexity index is 808. The number of nitrogens with one attached hydrogen (secondary N) is 1. The number of rotatable bonds is 7. The van der Waals surface area contributed by atoms with Crippen LogP contribution >= 0.6 is 0 Å². The van der Waals surface area contributed by atoms with Gasteiger partial charge in [-0.15, -0.1) is 0 Å². The summed E-state index contributed by atoms with van der Waals surface area (Å²) < 4.78 is 2.25. The minimum atomic E-state index is 0.114. The molecule has 0 aliphatic rings. The molecule has 0 fully saturated rings. The van der Waals surface area contributed by atoms with Gasteiger partial charge in [-0.05, 0) is 24.1 Å². The molecule has 4 nitrogen and oxygen atoms in total. The average molecular weight is 321 g/mol. The van der Waals surface area contributed by atoms with E-state index < -0.39 is 0 Å². The van der Waals surface area contributed by atoms with E-state index in [1.54, 1.807) is 0 Å². The fraction of sp³-hybridized carbons (Fsp3) is 0.300. The number of hydrogen-bond acceptors (Lipinski definition) is 2. The summed E-state index contributed by atoms with van der Waals surface area (Å²) in [6.45, 7) is 3.43. The summed E-state index contributed by atoms with van der Waals surface area (Å²) in [5.41, 5.74) is 3.39. The van der Waals surface area contributed by atoms with E-state index >= 15 is 0 Å². The zero-order valence-corrected chi connectivity index (χ0v) is 14.0. The SMILES string of the molecule is CCCC(=O)NCCc1nc2ccccc2n1Cc1ccccc1. The summed E-state index contributed by atoms with van der Waals surface area (Å²) >= 11 is 0. The molecule has 4 heteroatoms. The van der Waals surface area contributed by atoms with Gasteiger partial charge in [-0.1, -0.05) is 49.4 Å². The van der Waals surface area contributed by atoms with Crippen molar-refractivity contribution in [1.82, 2.24) is 14.9 Å². The fourth-order valence-electron chi connectivity index (χ4n) is 2.89. The summed E-state index contributed by atoms with van der Waals surface area (Å²) in [6, 6.07) is 18.6. The second-order valence-corrected chi connectivity index (χ2v) is 5.94. The first-order valence-electron chi connectivity index (χ1n) is 8.52. The van der Waals surface area contributed by atoms with Crippen LogP contribution in [0.25, 0.3) is 11.0 Å². The van der Waals surface area contributed by atoms with Gasteiger partial charge in [0.05, 0.1) is 11.0 Å². The number of amides is 1. The van der Waals surface area contributed by atoms with Crippen molar-refractivity contribution in [3.05, 3.63) is 66.0 Å². The smallest absolute Gasteiger partial charge is 0.219 e. The highest BCUT2D eigenvalue weighted by Gasteiger charge is 2.11. The molecule has 0 saturated heterocycles. The number of fused-ring (bicyclic) bond motifs is 1. The van der Waals surface area contributed by atoms with Crippen LogP contribution in [0.3, 0.4) is 0 Å². The number of aromatic nitrogens is 2. The highest BCUT2D eigenvalue weighted by Crippen LogP contribution is 2.18. The number of benzene rings is 2. The van der Waals surface area contributed by atoms with Gasteiger partial charge in [-0.3, -0.25) is 4.79 Å². The Hall–Kier alpha value is -2.62. The number of carbonyl (C=O) groups is 1. The van der Waals surface area contributed by atoms with Crippen LogP contribution in [0, 0.1) is 0 Å². The van der Waals surface area contributed by atoms with Gasteiger partial charge in [-0.25, -0.2) is 4.98 Å². The predicted octanol–water partition coefficient (Wildman–Crippen LogP) is 3.54. The second-order valence-electron chi connectivity index (χ2n) is 5.94. The quantitative estimate of drug-likeness (QED) is 0.723. The van der Waals surface area contributed by atoms with Crippen LogP contribution in [0.1, 0.15) is 31.2 Å². The molecule has 0 radical (unpaired) electrons. The highest BCUT2D eigenvalue weighted by molar-refractivity contribution is 5.76. The van der Waals surface area contributed by atoms with Crippen molar-refractivity contribution in [2.45, 2.75) is 32.7 Å². The topological polar surface area (TPSA) is 46.9 Å². The standard InChI is InChI=1S/C20H23N3O/c1-2-8-20(24)21-14-13-19-22-17-11-6-7-12-18(17)23(19)15-16-9-4-3-5-10-16/h3-7,9-12H,2,8,13-15H2,1H3,(H,21,24). The molecule has 0 unspecified atom stereocenters. The van der Waals surface area contributed by atoms with Crippen molar-refractivity contribution in [2.75, 3.05) is 6.54 Å². The number of imidazole rings is 1. The lowest BCUT2D eigenvalue weighted by atomic mass is 10.2. The molecule has 0 saturated carbocycles. The Labute approximate surface area is 142 Å². The molecule has 1 amide bonds. The van der Waals surface area contributed by atoms with Gasteiger partial charge < -0.3 is 9.88 Å². The lowest BCUT2D eigenvalue weighted by Gasteiger charge is -2.10. The minimum Gasteiger partial charge on any atom is -0.356 e. The van der Waals surface area contributed by atoms with Crippen LogP contribution in [0.15, 0.2) is 54.6 Å². The van der Waals surface area contributed by atoms with E-state index in [-0.39, 0.29) is 5.91 Å². The van der Waals surface area contributed by atoms with Gasteiger partial charge in [0.25, 0.3) is 0 Å². The van der Waals surface area contributed by atoms with E-state index in [9.17, 15) is 4.79 Å². The summed E-state index contributed by atoms with van der Waals surface area (Å²) in [4.78, 5) is 16.4. The van der Waals surface area contributed by atoms with Crippen molar-refractivity contribution in [3.8, 4) is 0 Å². The first-order chi connectivity index (χ1) is 11.8. The average Bonchev–Trinajstić information content (AvgIpc) is 2.94. The van der Waals surface area contributed by atoms with Crippen LogP contribution in [-0.4, -0.2) is 22.0 Å². The summed E-state index contributed by atoms with van der Waals surface area (Å²) in [5.74, 6) is 1.13. The maximum absolute atomic E-state index is 11.6. The normalized spacial score (nSPS) is 10.9. The molecule has 0 bridgehead atoms. The predicted molar refractivity (Wildman–Crippen MR) is 96.9 cm³/mol. The zero-order valence-electron chi connectivity index (χ0n) is 14.0. The minimum absolute atomic E-state index is 0.114. The van der Waals surface area contributed by atoms with Crippen molar-refractivity contribution in [1.29, 1.82) is 0 Å². The lowest BCUT2D eigenvalue weighted by molar-refractivity contribution is -0.121. The monoisotopic (exact) mass is 321 g/mol. The summed E-state index contributed by atoms with van der Waals surface area (Å²) in [7, 11) is 0. The van der Waals surface area contributed by atoms with E-state index in [1.165, 1.54) is 5.56 Å². The van der Waals surface area contributed by atoms with E-state index in [0.29, 0.717) is 13.0 Å². The van der Waals surface area contributed by atoms with Crippen LogP contribution in [0.5, 0.6) is 0 Å². The molecule has 3 rings (SSSR count). The van der Waals surface area contributed by atoms with Crippen LogP contribution in [-0.2, 0) is 17.8 Å². The molecular formula is C20H23N3O. The molecule has 24 heavy (non-hydrogen) atoms. The fourth-order valence-corrected chi connectivity index (χ4v) is 2.89. The van der Waals surface area contributed by atoms with Crippen LogP contribution in [0.4, 0.5) is 0 Å². The highest BCUT2D eigenvalue weighted by atomic mass is 16.1. The third-order valence-electron chi connectivity index (χ3n) is 4.06. The number of nitrogens with zero attached hydrogens (tertiary/aromatic N) is 2. The number of para-hydroxylation sites is 2. The van der Waals surface area contributed by atoms with E-state index in [1.807, 2.05) is 31.2 Å². The Kier molecular flexibility index (Phi) is 5.26. The van der Waals surface area contributed by atoms with Gasteiger partial charge in [0.1, 0.15) is 5.82 Å². The Morgan fingerprint density at radius 3 is 2.62 bits per heavy atom. The Balaban J connectivity index is 1.81. The molecule has 124 valence electrons. The Morgan fingerprint density at radius 2 is 1.83 bits per heavy atom. The van der Waals surface area contributed by atoms with Gasteiger partial charge in [-0.2, -0.15) is 0 Å². The second kappa shape index (κ2) is 7.77. The molecule has 0 aliphatic heterocycles. The van der Waals surface area contributed by atoms with E-state index in [4.69, 9.17) is 4.98 Å². The molecule has 0 spiro atoms. The first kappa shape index (κ1) is 16.2. The van der Waals surface area contributed by atoms with Gasteiger partial charge >= 0.3 is 0 Å². The number of carbonyl (C=O) groups excluding carboxylic acids is 1. The maximum atomic E-state index is 11.6. The van der Waals surface area contributed by atoms with E-state index in [0.717, 1.165) is 36.2 Å². The van der Waals surface area contributed by atoms with Crippen LogP contribution in [0.2, 0.25) is 0 Å². The molecule has 1 heterocycles. The maximum Gasteiger partial charge on any atom is 0.219 e. The largest absolute Gasteiger partial charge is 0.356 e. The van der Waals surface area contributed by atoms with Gasteiger partial charge in [0.15, 0.2) is 0 Å². The van der Waals surface area contributed by atoms with Gasteiger partial charge in [0, 0.05) is 25.9 Å². The summed E-state index contributed by atoms with van der Waals surface area (Å²) in [6.07, 6.45) is 2.19. The van der Waals surface area contributed by atoms with Crippen molar-refractivity contribution in [2.24, 2.45) is 0 Å². The van der Waals surface area contributed by atoms with Crippen molar-refractivity contribution >= 4 is 16.9 Å². The van der Waals surface area contributed by atoms with Crippen LogP contribution < -0.4 is 5.32 Å². The third-order valence-corrected chi connectivity index (χ3v) is 4.06. The first-order valence-corrected chi connectivity index (χ1v) is 8.52. The summed E-state index contributed by atoms with van der Waals surface area (Å²) in [5, 5.41) is 2.98. The van der Waals surface area contributed by atoms with E-state index in [2.05, 4.69) is 40.2 Å². The molecule has 0 atom stereocenters. The molecular weight excluding hydrogens is 298 g/mol.